The van der Waals surface area contributed by atoms with E-state index >= 15 is 0 Å². The monoisotopic (exact) mass is 217 g/mol. The Morgan fingerprint density at radius 3 is 3.12 bits per heavy atom. The van der Waals surface area contributed by atoms with Gasteiger partial charge in [0.2, 0.25) is 0 Å². The molecule has 1 aliphatic rings. The molecule has 1 aromatic heterocycles. The zero-order chi connectivity index (χ0) is 11.2. The molecule has 0 bridgehead atoms. The lowest BCUT2D eigenvalue weighted by Crippen LogP contribution is -2.41. The highest BCUT2D eigenvalue weighted by molar-refractivity contribution is 5.82. The highest BCUT2D eigenvalue weighted by atomic mass is 16.5. The summed E-state index contributed by atoms with van der Waals surface area (Å²) in [5.74, 6) is 0. The molecular weight excluding hydrogens is 202 g/mol. The van der Waals surface area contributed by atoms with Crippen LogP contribution >= 0.6 is 0 Å². The van der Waals surface area contributed by atoms with E-state index in [2.05, 4.69) is 11.2 Å². The summed E-state index contributed by atoms with van der Waals surface area (Å²) in [4.78, 5) is 0. The third-order valence-corrected chi connectivity index (χ3v) is 3.26. The van der Waals surface area contributed by atoms with E-state index in [1.54, 1.807) is 0 Å². The van der Waals surface area contributed by atoms with Gasteiger partial charge >= 0.3 is 0 Å². The average Bonchev–Trinajstić information content (AvgIpc) is 2.69. The first-order valence-electron chi connectivity index (χ1n) is 5.55. The van der Waals surface area contributed by atoms with Crippen LogP contribution in [0.15, 0.2) is 24.3 Å². The lowest BCUT2D eigenvalue weighted by molar-refractivity contribution is -0.0589. The summed E-state index contributed by atoms with van der Waals surface area (Å²) in [7, 11) is 0. The zero-order valence-electron chi connectivity index (χ0n) is 9.31. The topological polar surface area (TPSA) is 53.1 Å². The Hall–Kier alpha value is -1.39. The molecule has 1 aliphatic heterocycles. The van der Waals surface area contributed by atoms with Crippen LogP contribution in [0.25, 0.3) is 10.9 Å². The molecule has 0 radical (unpaired) electrons. The van der Waals surface area contributed by atoms with Crippen molar-refractivity contribution >= 4 is 10.9 Å². The van der Waals surface area contributed by atoms with Crippen LogP contribution in [-0.4, -0.2) is 22.9 Å². The maximum absolute atomic E-state index is 5.84. The normalized spacial score (nSPS) is 24.6. The summed E-state index contributed by atoms with van der Waals surface area (Å²) in [6, 6.07) is 8.13. The number of fused-ring (bicyclic) bond motifs is 3. The first-order chi connectivity index (χ1) is 7.74. The first-order valence-corrected chi connectivity index (χ1v) is 5.55. The molecule has 16 heavy (non-hydrogen) atoms. The van der Waals surface area contributed by atoms with Gasteiger partial charge < -0.3 is 10.5 Å². The number of rotatable bonds is 1. The van der Waals surface area contributed by atoms with Gasteiger partial charge in [-0.25, -0.2) is 0 Å². The Labute approximate surface area is 94.0 Å². The zero-order valence-corrected chi connectivity index (χ0v) is 9.31. The quantitative estimate of drug-likeness (QED) is 0.782. The Bertz CT molecular complexity index is 534. The molecule has 2 aromatic rings. The van der Waals surface area contributed by atoms with Crippen LogP contribution in [0.1, 0.15) is 12.6 Å². The molecule has 4 heteroatoms. The molecule has 4 nitrogen and oxygen atoms in total. The fourth-order valence-corrected chi connectivity index (χ4v) is 2.38. The maximum Gasteiger partial charge on any atom is 0.120 e. The van der Waals surface area contributed by atoms with Crippen LogP contribution in [0.3, 0.4) is 0 Å². The van der Waals surface area contributed by atoms with Crippen molar-refractivity contribution in [2.45, 2.75) is 19.1 Å². The van der Waals surface area contributed by atoms with Gasteiger partial charge in [0.25, 0.3) is 0 Å². The number of nitrogens with two attached hydrogens (primary N) is 1. The summed E-state index contributed by atoms with van der Waals surface area (Å²) in [6.45, 7) is 3.99. The molecule has 2 heterocycles. The van der Waals surface area contributed by atoms with E-state index in [0.717, 1.165) is 23.1 Å². The second kappa shape index (κ2) is 3.30. The molecule has 0 saturated heterocycles. The van der Waals surface area contributed by atoms with Crippen LogP contribution in [0, 0.1) is 0 Å². The summed E-state index contributed by atoms with van der Waals surface area (Å²) < 4.78 is 7.85. The number of aromatic nitrogens is 2. The van der Waals surface area contributed by atoms with Crippen molar-refractivity contribution < 1.29 is 4.74 Å². The predicted molar refractivity (Wildman–Crippen MR) is 62.1 cm³/mol. The van der Waals surface area contributed by atoms with Crippen molar-refractivity contribution in [1.29, 1.82) is 0 Å². The molecule has 0 amide bonds. The van der Waals surface area contributed by atoms with Gasteiger partial charge in [0.15, 0.2) is 0 Å². The van der Waals surface area contributed by atoms with Crippen molar-refractivity contribution in [3.8, 4) is 0 Å². The molecule has 2 N–H and O–H groups in total. The van der Waals surface area contributed by atoms with Crippen LogP contribution in [0.5, 0.6) is 0 Å². The molecule has 0 aliphatic carbocycles. The Morgan fingerprint density at radius 2 is 2.31 bits per heavy atom. The predicted octanol–water partition coefficient (Wildman–Crippen LogP) is 1.24. The molecular formula is C12H15N3O. The summed E-state index contributed by atoms with van der Waals surface area (Å²) >= 11 is 0. The third kappa shape index (κ3) is 1.20. The van der Waals surface area contributed by atoms with Crippen molar-refractivity contribution in [2.75, 3.05) is 13.2 Å². The fraction of sp³-hybridized carbons (Fsp3) is 0.417. The highest BCUT2D eigenvalue weighted by Gasteiger charge is 2.35. The van der Waals surface area contributed by atoms with E-state index in [1.165, 1.54) is 0 Å². The van der Waals surface area contributed by atoms with Crippen LogP contribution in [0.2, 0.25) is 0 Å². The standard InChI is InChI=1S/C12H15N3O/c1-12(8-13)11-9-4-2-3-5-10(9)14-15(11)6-7-16-12/h2-5H,6-8,13H2,1H3. The van der Waals surface area contributed by atoms with E-state index in [4.69, 9.17) is 10.5 Å². The molecule has 1 unspecified atom stereocenters. The Morgan fingerprint density at radius 1 is 1.50 bits per heavy atom. The van der Waals surface area contributed by atoms with Gasteiger partial charge in [-0.1, -0.05) is 18.2 Å². The van der Waals surface area contributed by atoms with Crippen molar-refractivity contribution in [2.24, 2.45) is 5.73 Å². The second-order valence-electron chi connectivity index (χ2n) is 4.37. The minimum atomic E-state index is -0.408. The number of benzene rings is 1. The SMILES string of the molecule is CC1(CN)OCCn2nc3ccccc3c21. The minimum absolute atomic E-state index is 0.408. The summed E-state index contributed by atoms with van der Waals surface area (Å²) in [6.07, 6.45) is 0. The minimum Gasteiger partial charge on any atom is -0.366 e. The molecule has 3 rings (SSSR count). The lowest BCUT2D eigenvalue weighted by atomic mass is 9.97. The van der Waals surface area contributed by atoms with Crippen LogP contribution < -0.4 is 5.73 Å². The molecule has 0 saturated carbocycles. The Balaban J connectivity index is 2.32. The molecule has 0 fully saturated rings. The van der Waals surface area contributed by atoms with E-state index < -0.39 is 5.60 Å². The summed E-state index contributed by atoms with van der Waals surface area (Å²) in [5.41, 5.74) is 7.55. The van der Waals surface area contributed by atoms with Gasteiger partial charge in [0.1, 0.15) is 5.60 Å². The number of ether oxygens (including phenoxy) is 1. The largest absolute Gasteiger partial charge is 0.366 e. The highest BCUT2D eigenvalue weighted by Crippen LogP contribution is 2.33. The second-order valence-corrected chi connectivity index (χ2v) is 4.37. The van der Waals surface area contributed by atoms with E-state index in [-0.39, 0.29) is 0 Å². The van der Waals surface area contributed by atoms with Crippen molar-refractivity contribution in [3.63, 3.8) is 0 Å². The van der Waals surface area contributed by atoms with Crippen LogP contribution in [0.4, 0.5) is 0 Å². The number of hydrogen-bond acceptors (Lipinski definition) is 3. The maximum atomic E-state index is 5.84. The molecule has 84 valence electrons. The van der Waals surface area contributed by atoms with Gasteiger partial charge in [0, 0.05) is 11.9 Å². The van der Waals surface area contributed by atoms with Gasteiger partial charge in [-0.3, -0.25) is 4.68 Å². The number of nitrogens with zero attached hydrogens (tertiary/aromatic N) is 2. The van der Waals surface area contributed by atoms with E-state index in [1.807, 2.05) is 29.8 Å². The smallest absolute Gasteiger partial charge is 0.120 e. The van der Waals surface area contributed by atoms with E-state index in [0.29, 0.717) is 13.2 Å². The molecule has 1 aromatic carbocycles. The van der Waals surface area contributed by atoms with Gasteiger partial charge in [-0.05, 0) is 13.0 Å². The summed E-state index contributed by atoms with van der Waals surface area (Å²) in [5, 5.41) is 5.73. The van der Waals surface area contributed by atoms with Crippen molar-refractivity contribution in [1.82, 2.24) is 9.78 Å². The lowest BCUT2D eigenvalue weighted by Gasteiger charge is -2.33. The van der Waals surface area contributed by atoms with Crippen molar-refractivity contribution in [3.05, 3.63) is 30.0 Å². The third-order valence-electron chi connectivity index (χ3n) is 3.26. The molecule has 0 spiro atoms. The fourth-order valence-electron chi connectivity index (χ4n) is 2.38. The van der Waals surface area contributed by atoms with Gasteiger partial charge in [-0.15, -0.1) is 0 Å². The van der Waals surface area contributed by atoms with Gasteiger partial charge in [-0.2, -0.15) is 5.10 Å². The van der Waals surface area contributed by atoms with Crippen LogP contribution in [-0.2, 0) is 16.9 Å². The Kier molecular flexibility index (Phi) is 2.02. The first kappa shape index (κ1) is 9.81. The van der Waals surface area contributed by atoms with E-state index in [9.17, 15) is 0 Å². The molecule has 1 atom stereocenters. The average molecular weight is 217 g/mol. The number of hydrogen-bond donors (Lipinski definition) is 1. The van der Waals surface area contributed by atoms with Gasteiger partial charge in [0.05, 0.1) is 24.4 Å².